The first-order valence-corrected chi connectivity index (χ1v) is 4.29. The zero-order chi connectivity index (χ0) is 11.4. The largest absolute Gasteiger partial charge is 0.507 e. The molecule has 5 heteroatoms. The Morgan fingerprint density at radius 1 is 1.67 bits per heavy atom. The van der Waals surface area contributed by atoms with E-state index in [1.807, 2.05) is 0 Å². The third-order valence-corrected chi connectivity index (χ3v) is 1.78. The van der Waals surface area contributed by atoms with E-state index in [0.717, 1.165) is 6.07 Å². The number of nitrogen functional groups attached to an aromatic ring is 1. The smallest absolute Gasteiger partial charge is 0.340 e. The van der Waals surface area contributed by atoms with Gasteiger partial charge in [-0.1, -0.05) is 0 Å². The molecule has 1 aromatic rings. The van der Waals surface area contributed by atoms with Crippen molar-refractivity contribution in [3.05, 3.63) is 23.3 Å². The van der Waals surface area contributed by atoms with Crippen LogP contribution in [0.1, 0.15) is 22.8 Å². The number of carbonyl (C=O) groups excluding carboxylic acids is 1. The van der Waals surface area contributed by atoms with Gasteiger partial charge in [0.25, 0.3) is 0 Å². The predicted molar refractivity (Wildman–Crippen MR) is 53.2 cm³/mol. The van der Waals surface area contributed by atoms with E-state index in [4.69, 9.17) is 15.7 Å². The van der Waals surface area contributed by atoms with Crippen LogP contribution in [0.4, 0.5) is 5.69 Å². The summed E-state index contributed by atoms with van der Waals surface area (Å²) in [5, 5.41) is 17.9. The number of aromatic hydroxyl groups is 1. The lowest BCUT2D eigenvalue weighted by molar-refractivity contribution is 0.0527. The predicted octanol–water partition coefficient (Wildman–Crippen LogP) is 1.02. The Morgan fingerprint density at radius 3 is 2.87 bits per heavy atom. The Bertz CT molecular complexity index is 435. The molecule has 0 spiro atoms. The summed E-state index contributed by atoms with van der Waals surface area (Å²) in [7, 11) is 0. The van der Waals surface area contributed by atoms with Crippen LogP contribution in [-0.2, 0) is 4.74 Å². The molecule has 0 bridgehead atoms. The Kier molecular flexibility index (Phi) is 3.13. The number of nitrogens with two attached hydrogens (primary N) is 1. The average Bonchev–Trinajstić information content (AvgIpc) is 2.21. The monoisotopic (exact) mass is 206 g/mol. The number of ether oxygens (including phenoxy) is 1. The van der Waals surface area contributed by atoms with Crippen LogP contribution in [-0.4, -0.2) is 17.7 Å². The maximum atomic E-state index is 11.3. The van der Waals surface area contributed by atoms with E-state index in [1.54, 1.807) is 13.0 Å². The fourth-order valence-corrected chi connectivity index (χ4v) is 1.08. The van der Waals surface area contributed by atoms with Crippen LogP contribution >= 0.6 is 0 Å². The Labute approximate surface area is 86.7 Å². The van der Waals surface area contributed by atoms with Gasteiger partial charge in [-0.2, -0.15) is 5.26 Å². The molecule has 0 heterocycles. The van der Waals surface area contributed by atoms with Crippen molar-refractivity contribution in [2.24, 2.45) is 0 Å². The fraction of sp³-hybridized carbons (Fsp3) is 0.200. The molecule has 0 saturated carbocycles. The van der Waals surface area contributed by atoms with Crippen LogP contribution in [0.25, 0.3) is 0 Å². The molecule has 0 saturated heterocycles. The van der Waals surface area contributed by atoms with Gasteiger partial charge in [-0.15, -0.1) is 0 Å². The topological polar surface area (TPSA) is 96.3 Å². The van der Waals surface area contributed by atoms with Gasteiger partial charge < -0.3 is 15.6 Å². The summed E-state index contributed by atoms with van der Waals surface area (Å²) in [6.07, 6.45) is 0. The molecule has 0 amide bonds. The first-order chi connectivity index (χ1) is 7.10. The van der Waals surface area contributed by atoms with Gasteiger partial charge in [0.1, 0.15) is 11.8 Å². The van der Waals surface area contributed by atoms with Gasteiger partial charge in [-0.05, 0) is 19.1 Å². The standard InChI is InChI=1S/C10H10N2O3/c1-2-15-10(14)7-4-9(13)6(5-11)3-8(7)12/h3-4,13H,2,12H2,1H3. The Hall–Kier alpha value is -2.22. The summed E-state index contributed by atoms with van der Waals surface area (Å²) in [6, 6.07) is 4.12. The summed E-state index contributed by atoms with van der Waals surface area (Å²) >= 11 is 0. The number of hydrogen-bond acceptors (Lipinski definition) is 5. The molecule has 1 rings (SSSR count). The van der Waals surface area contributed by atoms with E-state index >= 15 is 0 Å². The van der Waals surface area contributed by atoms with Crippen molar-refractivity contribution in [2.75, 3.05) is 12.3 Å². The molecule has 15 heavy (non-hydrogen) atoms. The summed E-state index contributed by atoms with van der Waals surface area (Å²) in [4.78, 5) is 11.3. The SMILES string of the molecule is CCOC(=O)c1cc(O)c(C#N)cc1N. The number of anilines is 1. The maximum Gasteiger partial charge on any atom is 0.340 e. The molecule has 0 aromatic heterocycles. The van der Waals surface area contributed by atoms with Crippen molar-refractivity contribution >= 4 is 11.7 Å². The van der Waals surface area contributed by atoms with Crippen molar-refractivity contribution in [3.8, 4) is 11.8 Å². The Balaban J connectivity index is 3.17. The second kappa shape index (κ2) is 4.33. The van der Waals surface area contributed by atoms with Crippen LogP contribution in [0.3, 0.4) is 0 Å². The molecule has 78 valence electrons. The minimum Gasteiger partial charge on any atom is -0.507 e. The summed E-state index contributed by atoms with van der Waals surface area (Å²) in [6.45, 7) is 1.89. The van der Waals surface area contributed by atoms with Gasteiger partial charge in [-0.25, -0.2) is 4.79 Å². The minimum absolute atomic E-state index is 0.0283. The third-order valence-electron chi connectivity index (χ3n) is 1.78. The van der Waals surface area contributed by atoms with Crippen molar-refractivity contribution in [1.82, 2.24) is 0 Å². The van der Waals surface area contributed by atoms with Crippen LogP contribution in [0, 0.1) is 11.3 Å². The Morgan fingerprint density at radius 2 is 2.33 bits per heavy atom. The molecular weight excluding hydrogens is 196 g/mol. The highest BCUT2D eigenvalue weighted by Gasteiger charge is 2.14. The number of phenolic OH excluding ortho intramolecular Hbond substituents is 1. The molecule has 0 radical (unpaired) electrons. The number of carbonyl (C=O) groups is 1. The lowest BCUT2D eigenvalue weighted by Gasteiger charge is -2.06. The van der Waals surface area contributed by atoms with E-state index in [1.165, 1.54) is 6.07 Å². The van der Waals surface area contributed by atoms with Crippen LogP contribution < -0.4 is 5.73 Å². The van der Waals surface area contributed by atoms with Gasteiger partial charge in [0.2, 0.25) is 0 Å². The molecule has 0 unspecified atom stereocenters. The number of benzene rings is 1. The quantitative estimate of drug-likeness (QED) is 0.428. The number of rotatable bonds is 2. The van der Waals surface area contributed by atoms with Crippen molar-refractivity contribution in [3.63, 3.8) is 0 Å². The highest BCUT2D eigenvalue weighted by Crippen LogP contribution is 2.24. The molecule has 3 N–H and O–H groups in total. The first-order valence-electron chi connectivity index (χ1n) is 4.29. The zero-order valence-electron chi connectivity index (χ0n) is 8.15. The second-order valence-electron chi connectivity index (χ2n) is 2.79. The number of nitrogens with zero attached hydrogens (tertiary/aromatic N) is 1. The number of hydrogen-bond donors (Lipinski definition) is 2. The summed E-state index contributed by atoms with van der Waals surface area (Å²) < 4.78 is 4.72. The molecular formula is C10H10N2O3. The molecule has 0 fully saturated rings. The molecule has 0 aliphatic rings. The molecule has 1 aromatic carbocycles. The van der Waals surface area contributed by atoms with E-state index in [9.17, 15) is 9.90 Å². The average molecular weight is 206 g/mol. The third kappa shape index (κ3) is 2.17. The lowest BCUT2D eigenvalue weighted by atomic mass is 10.1. The van der Waals surface area contributed by atoms with Gasteiger partial charge in [0.15, 0.2) is 0 Å². The van der Waals surface area contributed by atoms with Crippen molar-refractivity contribution < 1.29 is 14.6 Å². The van der Waals surface area contributed by atoms with Crippen molar-refractivity contribution in [2.45, 2.75) is 6.92 Å². The zero-order valence-corrected chi connectivity index (χ0v) is 8.15. The van der Waals surface area contributed by atoms with E-state index in [2.05, 4.69) is 0 Å². The van der Waals surface area contributed by atoms with Gasteiger partial charge in [0, 0.05) is 5.69 Å². The van der Waals surface area contributed by atoms with E-state index in [-0.39, 0.29) is 29.2 Å². The summed E-state index contributed by atoms with van der Waals surface area (Å²) in [5.74, 6) is -0.899. The van der Waals surface area contributed by atoms with Gasteiger partial charge in [0.05, 0.1) is 17.7 Å². The normalized spacial score (nSPS) is 9.33. The number of nitriles is 1. The van der Waals surface area contributed by atoms with Crippen LogP contribution in [0.2, 0.25) is 0 Å². The summed E-state index contributed by atoms with van der Waals surface area (Å²) in [5.41, 5.74) is 5.74. The van der Waals surface area contributed by atoms with Gasteiger partial charge >= 0.3 is 5.97 Å². The molecule has 0 aliphatic carbocycles. The van der Waals surface area contributed by atoms with Crippen LogP contribution in [0.5, 0.6) is 5.75 Å². The van der Waals surface area contributed by atoms with E-state index in [0.29, 0.717) is 0 Å². The van der Waals surface area contributed by atoms with Crippen molar-refractivity contribution in [1.29, 1.82) is 5.26 Å². The number of phenols is 1. The molecule has 0 atom stereocenters. The number of esters is 1. The maximum absolute atomic E-state index is 11.3. The molecule has 5 nitrogen and oxygen atoms in total. The van der Waals surface area contributed by atoms with E-state index < -0.39 is 5.97 Å². The lowest BCUT2D eigenvalue weighted by Crippen LogP contribution is -2.08. The highest BCUT2D eigenvalue weighted by molar-refractivity contribution is 5.96. The first kappa shape index (κ1) is 10.9. The second-order valence-corrected chi connectivity index (χ2v) is 2.79. The minimum atomic E-state index is -0.616. The molecule has 0 aliphatic heterocycles. The highest BCUT2D eigenvalue weighted by atomic mass is 16.5. The fourth-order valence-electron chi connectivity index (χ4n) is 1.08. The van der Waals surface area contributed by atoms with Gasteiger partial charge in [-0.3, -0.25) is 0 Å². The van der Waals surface area contributed by atoms with Crippen LogP contribution in [0.15, 0.2) is 12.1 Å².